The molecule has 0 aliphatic carbocycles. The minimum Gasteiger partial charge on any atom is -0.356 e. The van der Waals surface area contributed by atoms with Crippen LogP contribution < -0.4 is 0 Å². The van der Waals surface area contributed by atoms with Gasteiger partial charge in [0, 0.05) is 27.8 Å². The van der Waals surface area contributed by atoms with Gasteiger partial charge in [0.1, 0.15) is 0 Å². The van der Waals surface area contributed by atoms with Gasteiger partial charge in [0.05, 0.1) is 5.69 Å². The third-order valence-electron chi connectivity index (χ3n) is 4.94. The second-order valence-electron chi connectivity index (χ2n) is 6.71. The minimum atomic E-state index is 0.618. The van der Waals surface area contributed by atoms with Crippen LogP contribution in [0.2, 0.25) is 0 Å². The van der Waals surface area contributed by atoms with E-state index < -0.39 is 0 Å². The Kier molecular flexibility index (Phi) is 5.67. The third-order valence-corrected chi connectivity index (χ3v) is 6.19. The van der Waals surface area contributed by atoms with E-state index >= 15 is 0 Å². The van der Waals surface area contributed by atoms with E-state index in [2.05, 4.69) is 49.0 Å². The molecule has 3 rings (SSSR count). The first-order valence-corrected chi connectivity index (χ1v) is 10.1. The zero-order valence-electron chi connectivity index (χ0n) is 15.3. The van der Waals surface area contributed by atoms with Crippen LogP contribution in [0.25, 0.3) is 11.3 Å². The van der Waals surface area contributed by atoms with Crippen LogP contribution >= 0.6 is 11.8 Å². The minimum absolute atomic E-state index is 0.618. The number of aromatic nitrogens is 1. The normalized spacial score (nSPS) is 17.3. The molecule has 0 spiro atoms. The topological polar surface area (TPSA) is 29.3 Å². The van der Waals surface area contributed by atoms with Crippen molar-refractivity contribution in [2.45, 2.75) is 57.9 Å². The first-order valence-electron chi connectivity index (χ1n) is 9.07. The molecule has 0 amide bonds. The Morgan fingerprint density at radius 1 is 1.21 bits per heavy atom. The third kappa shape index (κ3) is 3.40. The SMILES string of the molecule is CCCN(CCC)C1CSc2cccc(-c3onc(C)c3C)c2C1. The van der Waals surface area contributed by atoms with Gasteiger partial charge in [-0.25, -0.2) is 0 Å². The molecular formula is C20H28N2OS. The van der Waals surface area contributed by atoms with Gasteiger partial charge in [-0.1, -0.05) is 31.1 Å². The zero-order chi connectivity index (χ0) is 17.1. The van der Waals surface area contributed by atoms with E-state index in [4.69, 9.17) is 4.52 Å². The average molecular weight is 345 g/mol. The van der Waals surface area contributed by atoms with Gasteiger partial charge in [-0.05, 0) is 57.8 Å². The zero-order valence-corrected chi connectivity index (χ0v) is 16.1. The molecule has 0 fully saturated rings. The largest absolute Gasteiger partial charge is 0.356 e. The standard InChI is InChI=1S/C20H28N2OS/c1-5-10-22(11-6-2)16-12-18-17(8-7-9-19(18)24-13-16)20-14(3)15(4)21-23-20/h7-9,16H,5-6,10-13H2,1-4H3. The molecule has 1 atom stereocenters. The Hall–Kier alpha value is -1.26. The Balaban J connectivity index is 1.94. The Morgan fingerprint density at radius 2 is 1.96 bits per heavy atom. The smallest absolute Gasteiger partial charge is 0.170 e. The summed E-state index contributed by atoms with van der Waals surface area (Å²) in [5.74, 6) is 2.13. The molecule has 24 heavy (non-hydrogen) atoms. The van der Waals surface area contributed by atoms with Crippen molar-refractivity contribution in [2.75, 3.05) is 18.8 Å². The van der Waals surface area contributed by atoms with Gasteiger partial charge in [0.15, 0.2) is 5.76 Å². The van der Waals surface area contributed by atoms with Gasteiger partial charge < -0.3 is 4.52 Å². The van der Waals surface area contributed by atoms with Crippen molar-refractivity contribution >= 4 is 11.8 Å². The van der Waals surface area contributed by atoms with Crippen LogP contribution in [0.4, 0.5) is 0 Å². The van der Waals surface area contributed by atoms with Crippen molar-refractivity contribution in [3.05, 3.63) is 35.0 Å². The number of hydrogen-bond donors (Lipinski definition) is 0. The number of benzene rings is 1. The Morgan fingerprint density at radius 3 is 2.58 bits per heavy atom. The monoisotopic (exact) mass is 344 g/mol. The Bertz CT molecular complexity index is 689. The molecule has 4 heteroatoms. The summed E-state index contributed by atoms with van der Waals surface area (Å²) in [5, 5.41) is 4.16. The molecule has 0 N–H and O–H groups in total. The Labute approximate surface area is 149 Å². The fourth-order valence-corrected chi connectivity index (χ4v) is 4.80. The first kappa shape index (κ1) is 17.6. The van der Waals surface area contributed by atoms with Crippen LogP contribution in [-0.2, 0) is 6.42 Å². The number of rotatable bonds is 6. The molecule has 2 heterocycles. The lowest BCUT2D eigenvalue weighted by Crippen LogP contribution is -2.41. The summed E-state index contributed by atoms with van der Waals surface area (Å²) in [6.45, 7) is 11.1. The fraction of sp³-hybridized carbons (Fsp3) is 0.550. The maximum atomic E-state index is 5.67. The van der Waals surface area contributed by atoms with E-state index in [1.165, 1.54) is 47.7 Å². The highest BCUT2D eigenvalue weighted by molar-refractivity contribution is 7.99. The summed E-state index contributed by atoms with van der Waals surface area (Å²) in [7, 11) is 0. The molecule has 2 aromatic rings. The van der Waals surface area contributed by atoms with Crippen molar-refractivity contribution in [2.24, 2.45) is 0 Å². The predicted octanol–water partition coefficient (Wildman–Crippen LogP) is 5.10. The van der Waals surface area contributed by atoms with Crippen LogP contribution in [0.5, 0.6) is 0 Å². The van der Waals surface area contributed by atoms with E-state index in [0.717, 1.165) is 23.4 Å². The number of hydrogen-bond acceptors (Lipinski definition) is 4. The molecule has 1 unspecified atom stereocenters. The molecule has 1 aliphatic rings. The van der Waals surface area contributed by atoms with Crippen LogP contribution in [0.1, 0.15) is 43.5 Å². The van der Waals surface area contributed by atoms with Gasteiger partial charge in [0.25, 0.3) is 0 Å². The molecule has 0 saturated heterocycles. The maximum absolute atomic E-state index is 5.67. The number of aryl methyl sites for hydroxylation is 1. The van der Waals surface area contributed by atoms with Crippen LogP contribution in [0.15, 0.2) is 27.6 Å². The maximum Gasteiger partial charge on any atom is 0.170 e. The van der Waals surface area contributed by atoms with Crippen LogP contribution in [0.3, 0.4) is 0 Å². The van der Waals surface area contributed by atoms with Gasteiger partial charge >= 0.3 is 0 Å². The van der Waals surface area contributed by atoms with Gasteiger partial charge in [-0.2, -0.15) is 0 Å². The highest BCUT2D eigenvalue weighted by Crippen LogP contribution is 2.39. The molecular weight excluding hydrogens is 316 g/mol. The molecule has 1 aromatic carbocycles. The van der Waals surface area contributed by atoms with Gasteiger partial charge in [0.2, 0.25) is 0 Å². The lowest BCUT2D eigenvalue weighted by molar-refractivity contribution is 0.209. The van der Waals surface area contributed by atoms with E-state index in [9.17, 15) is 0 Å². The van der Waals surface area contributed by atoms with Crippen LogP contribution in [-0.4, -0.2) is 34.9 Å². The van der Waals surface area contributed by atoms with Gasteiger partial charge in [-0.3, -0.25) is 4.90 Å². The second kappa shape index (κ2) is 7.75. The summed E-state index contributed by atoms with van der Waals surface area (Å²) in [5.41, 5.74) is 4.82. The molecule has 0 saturated carbocycles. The molecule has 0 bridgehead atoms. The highest BCUT2D eigenvalue weighted by atomic mass is 32.2. The van der Waals surface area contributed by atoms with Crippen molar-refractivity contribution in [3.63, 3.8) is 0 Å². The number of thioether (sulfide) groups is 1. The molecule has 0 radical (unpaired) electrons. The molecule has 1 aromatic heterocycles. The predicted molar refractivity (Wildman–Crippen MR) is 102 cm³/mol. The average Bonchev–Trinajstić information content (AvgIpc) is 2.93. The molecule has 130 valence electrons. The van der Waals surface area contributed by atoms with E-state index in [1.807, 2.05) is 18.7 Å². The second-order valence-corrected chi connectivity index (χ2v) is 7.77. The van der Waals surface area contributed by atoms with Gasteiger partial charge in [-0.15, -0.1) is 11.8 Å². The number of nitrogens with zero attached hydrogens (tertiary/aromatic N) is 2. The van der Waals surface area contributed by atoms with E-state index in [-0.39, 0.29) is 0 Å². The highest BCUT2D eigenvalue weighted by Gasteiger charge is 2.27. The number of fused-ring (bicyclic) bond motifs is 1. The fourth-order valence-electron chi connectivity index (χ4n) is 3.56. The molecule has 1 aliphatic heterocycles. The summed E-state index contributed by atoms with van der Waals surface area (Å²) < 4.78 is 5.67. The quantitative estimate of drug-likeness (QED) is 0.729. The van der Waals surface area contributed by atoms with E-state index in [0.29, 0.717) is 6.04 Å². The van der Waals surface area contributed by atoms with Crippen molar-refractivity contribution in [1.29, 1.82) is 0 Å². The summed E-state index contributed by atoms with van der Waals surface area (Å²) >= 11 is 1.99. The van der Waals surface area contributed by atoms with Crippen LogP contribution in [0, 0.1) is 13.8 Å². The summed E-state index contributed by atoms with van der Waals surface area (Å²) in [6.07, 6.45) is 3.55. The lowest BCUT2D eigenvalue weighted by Gasteiger charge is -2.35. The van der Waals surface area contributed by atoms with Crippen molar-refractivity contribution in [1.82, 2.24) is 10.1 Å². The summed E-state index contributed by atoms with van der Waals surface area (Å²) in [6, 6.07) is 7.21. The summed E-state index contributed by atoms with van der Waals surface area (Å²) in [4.78, 5) is 4.08. The van der Waals surface area contributed by atoms with E-state index in [1.54, 1.807) is 0 Å². The lowest BCUT2D eigenvalue weighted by atomic mass is 9.96. The van der Waals surface area contributed by atoms with Crippen molar-refractivity contribution in [3.8, 4) is 11.3 Å². The van der Waals surface area contributed by atoms with Crippen molar-refractivity contribution < 1.29 is 4.52 Å². The first-order chi connectivity index (χ1) is 11.7. The molecule has 3 nitrogen and oxygen atoms in total.